The van der Waals surface area contributed by atoms with E-state index >= 15 is 0 Å². The lowest BCUT2D eigenvalue weighted by atomic mass is 10.2. The Balaban J connectivity index is 2.14. The predicted octanol–water partition coefficient (Wildman–Crippen LogP) is 2.41. The Morgan fingerprint density at radius 3 is 2.91 bits per heavy atom. The molecule has 1 aromatic heterocycles. The number of azide groups is 1. The Bertz CT molecular complexity index is 792. The van der Waals surface area contributed by atoms with Crippen LogP contribution >= 0.6 is 0 Å². The van der Waals surface area contributed by atoms with Crippen LogP contribution in [0.3, 0.4) is 0 Å². The third kappa shape index (κ3) is 4.32. The van der Waals surface area contributed by atoms with Crippen molar-refractivity contribution in [2.45, 2.75) is 13.5 Å². The van der Waals surface area contributed by atoms with Crippen LogP contribution in [0.15, 0.2) is 35.4 Å². The highest BCUT2D eigenvalue weighted by Crippen LogP contribution is 2.16. The van der Waals surface area contributed by atoms with Gasteiger partial charge in [-0.3, -0.25) is 14.3 Å². The van der Waals surface area contributed by atoms with Crippen LogP contribution in [0.25, 0.3) is 10.4 Å². The molecule has 9 heteroatoms. The second-order valence-electron chi connectivity index (χ2n) is 4.61. The van der Waals surface area contributed by atoms with Crippen LogP contribution in [0.1, 0.15) is 23.0 Å². The first kappa shape index (κ1) is 16.1. The fraction of sp³-hybridized carbons (Fsp3) is 0.214. The molecule has 0 bridgehead atoms. The molecule has 1 N–H and O–H groups in total. The molecule has 2 rings (SSSR count). The summed E-state index contributed by atoms with van der Waals surface area (Å²) in [6, 6.07) is 7.87. The Morgan fingerprint density at radius 2 is 2.22 bits per heavy atom. The van der Waals surface area contributed by atoms with E-state index in [0.29, 0.717) is 22.8 Å². The molecule has 0 saturated carbocycles. The molecule has 2 aromatic rings. The van der Waals surface area contributed by atoms with Gasteiger partial charge in [-0.15, -0.1) is 0 Å². The minimum Gasteiger partial charge on any atom is -0.427 e. The van der Waals surface area contributed by atoms with Crippen LogP contribution in [-0.4, -0.2) is 21.7 Å². The van der Waals surface area contributed by atoms with Gasteiger partial charge in [0.05, 0.1) is 12.2 Å². The number of hydrogen-bond acceptors (Lipinski definition) is 5. The topological polar surface area (TPSA) is 122 Å². The van der Waals surface area contributed by atoms with E-state index < -0.39 is 5.97 Å². The lowest BCUT2D eigenvalue weighted by Crippen LogP contribution is -2.14. The average molecular weight is 314 g/mol. The van der Waals surface area contributed by atoms with Crippen molar-refractivity contribution >= 4 is 17.7 Å². The standard InChI is InChI=1S/C14H14N6O3/c1-9(21)23-12-5-3-4-10(6-12)14(22)17-13-7-11(8-16-19-15)18-20(13)2/h3-7H,8H2,1-2H3,(H,17,22). The quantitative estimate of drug-likeness (QED) is 0.299. The summed E-state index contributed by atoms with van der Waals surface area (Å²) < 4.78 is 6.41. The van der Waals surface area contributed by atoms with Crippen molar-refractivity contribution in [3.8, 4) is 5.75 Å². The zero-order valence-electron chi connectivity index (χ0n) is 12.6. The summed E-state index contributed by atoms with van der Waals surface area (Å²) in [5, 5.41) is 10.2. The molecule has 1 amide bonds. The highest BCUT2D eigenvalue weighted by molar-refractivity contribution is 6.04. The normalized spacial score (nSPS) is 9.83. The predicted molar refractivity (Wildman–Crippen MR) is 81.8 cm³/mol. The number of nitrogens with zero attached hydrogens (tertiary/aromatic N) is 5. The van der Waals surface area contributed by atoms with Crippen molar-refractivity contribution in [3.05, 3.63) is 52.0 Å². The number of carbonyl (C=O) groups excluding carboxylic acids is 2. The van der Waals surface area contributed by atoms with E-state index in [1.54, 1.807) is 31.3 Å². The van der Waals surface area contributed by atoms with Crippen LogP contribution in [0.5, 0.6) is 5.75 Å². The first-order valence-corrected chi connectivity index (χ1v) is 6.63. The fourth-order valence-corrected chi connectivity index (χ4v) is 1.88. The largest absolute Gasteiger partial charge is 0.427 e. The van der Waals surface area contributed by atoms with E-state index in [2.05, 4.69) is 20.4 Å². The maximum atomic E-state index is 12.3. The smallest absolute Gasteiger partial charge is 0.308 e. The summed E-state index contributed by atoms with van der Waals surface area (Å²) in [7, 11) is 1.66. The number of amides is 1. The second kappa shape index (κ2) is 7.10. The van der Waals surface area contributed by atoms with Gasteiger partial charge in [-0.1, -0.05) is 11.2 Å². The van der Waals surface area contributed by atoms with Gasteiger partial charge < -0.3 is 10.1 Å². The molecular formula is C14H14N6O3. The molecular weight excluding hydrogens is 300 g/mol. The first-order valence-electron chi connectivity index (χ1n) is 6.63. The summed E-state index contributed by atoms with van der Waals surface area (Å²) in [5.41, 5.74) is 9.18. The molecule has 0 atom stereocenters. The Morgan fingerprint density at radius 1 is 1.43 bits per heavy atom. The molecule has 118 valence electrons. The Kier molecular flexibility index (Phi) is 4.96. The Hall–Kier alpha value is -3.32. The third-order valence-corrected chi connectivity index (χ3v) is 2.83. The molecule has 0 aliphatic carbocycles. The number of aryl methyl sites for hydroxylation is 1. The first-order chi connectivity index (χ1) is 11.0. The average Bonchev–Trinajstić information content (AvgIpc) is 2.85. The molecule has 0 aliphatic heterocycles. The van der Waals surface area contributed by atoms with Crippen LogP contribution in [-0.2, 0) is 18.4 Å². The lowest BCUT2D eigenvalue weighted by Gasteiger charge is -2.06. The lowest BCUT2D eigenvalue weighted by molar-refractivity contribution is -0.131. The van der Waals surface area contributed by atoms with Crippen molar-refractivity contribution in [3.63, 3.8) is 0 Å². The van der Waals surface area contributed by atoms with Gasteiger partial charge in [0.1, 0.15) is 11.6 Å². The number of rotatable bonds is 5. The second-order valence-corrected chi connectivity index (χ2v) is 4.61. The summed E-state index contributed by atoms with van der Waals surface area (Å²) in [4.78, 5) is 25.9. The van der Waals surface area contributed by atoms with Gasteiger partial charge in [-0.25, -0.2) is 0 Å². The van der Waals surface area contributed by atoms with Crippen LogP contribution < -0.4 is 10.1 Å². The fourth-order valence-electron chi connectivity index (χ4n) is 1.88. The number of carbonyl (C=O) groups is 2. The van der Waals surface area contributed by atoms with Crippen LogP contribution in [0.4, 0.5) is 5.82 Å². The molecule has 0 saturated heterocycles. The molecule has 0 aliphatic rings. The van der Waals surface area contributed by atoms with Gasteiger partial charge in [-0.05, 0) is 23.7 Å². The molecule has 0 radical (unpaired) electrons. The number of anilines is 1. The van der Waals surface area contributed by atoms with Gasteiger partial charge in [0, 0.05) is 30.5 Å². The van der Waals surface area contributed by atoms with E-state index in [1.807, 2.05) is 0 Å². The summed E-state index contributed by atoms with van der Waals surface area (Å²) in [6.45, 7) is 1.38. The molecule has 0 fully saturated rings. The van der Waals surface area contributed by atoms with Crippen molar-refractivity contribution in [1.82, 2.24) is 9.78 Å². The zero-order valence-corrected chi connectivity index (χ0v) is 12.6. The molecule has 9 nitrogen and oxygen atoms in total. The maximum absolute atomic E-state index is 12.3. The number of aromatic nitrogens is 2. The minimum atomic E-state index is -0.461. The third-order valence-electron chi connectivity index (χ3n) is 2.83. The number of nitrogens with one attached hydrogen (secondary N) is 1. The summed E-state index contributed by atoms with van der Waals surface area (Å²) >= 11 is 0. The highest BCUT2D eigenvalue weighted by Gasteiger charge is 2.11. The van der Waals surface area contributed by atoms with Crippen molar-refractivity contribution in [1.29, 1.82) is 0 Å². The van der Waals surface area contributed by atoms with E-state index in [4.69, 9.17) is 10.3 Å². The summed E-state index contributed by atoms with van der Waals surface area (Å²) in [5.74, 6) is -0.0931. The highest BCUT2D eigenvalue weighted by atomic mass is 16.5. The number of ether oxygens (including phenoxy) is 1. The SMILES string of the molecule is CC(=O)Oc1cccc(C(=O)Nc2cc(CN=[N+]=[N-])nn2C)c1. The molecule has 1 aromatic carbocycles. The van der Waals surface area contributed by atoms with Gasteiger partial charge in [0.15, 0.2) is 0 Å². The zero-order chi connectivity index (χ0) is 16.8. The molecule has 0 unspecified atom stereocenters. The number of hydrogen-bond donors (Lipinski definition) is 1. The maximum Gasteiger partial charge on any atom is 0.308 e. The summed E-state index contributed by atoms with van der Waals surface area (Å²) in [6.07, 6.45) is 0. The number of benzene rings is 1. The van der Waals surface area contributed by atoms with Gasteiger partial charge in [-0.2, -0.15) is 5.10 Å². The Labute approximate surface area is 131 Å². The van der Waals surface area contributed by atoms with Crippen molar-refractivity contribution in [2.24, 2.45) is 12.2 Å². The van der Waals surface area contributed by atoms with Crippen molar-refractivity contribution in [2.75, 3.05) is 5.32 Å². The van der Waals surface area contributed by atoms with Crippen LogP contribution in [0, 0.1) is 0 Å². The molecule has 23 heavy (non-hydrogen) atoms. The van der Waals surface area contributed by atoms with Gasteiger partial charge >= 0.3 is 5.97 Å². The van der Waals surface area contributed by atoms with Gasteiger partial charge in [0.25, 0.3) is 5.91 Å². The molecule has 1 heterocycles. The van der Waals surface area contributed by atoms with E-state index in [1.165, 1.54) is 17.7 Å². The van der Waals surface area contributed by atoms with Gasteiger partial charge in [0.2, 0.25) is 0 Å². The number of esters is 1. The minimum absolute atomic E-state index is 0.0994. The van der Waals surface area contributed by atoms with E-state index in [9.17, 15) is 9.59 Å². The monoisotopic (exact) mass is 314 g/mol. The van der Waals surface area contributed by atoms with E-state index in [0.717, 1.165) is 0 Å². The van der Waals surface area contributed by atoms with Crippen LogP contribution in [0.2, 0.25) is 0 Å². The van der Waals surface area contributed by atoms with Crippen molar-refractivity contribution < 1.29 is 14.3 Å². The van der Waals surface area contributed by atoms with E-state index in [-0.39, 0.29) is 12.5 Å². The molecule has 0 spiro atoms.